The maximum atomic E-state index is 13.2. The third-order valence-electron chi connectivity index (χ3n) is 5.82. The quantitative estimate of drug-likeness (QED) is 0.670. The second-order valence-electron chi connectivity index (χ2n) is 8.95. The van der Waals surface area contributed by atoms with Crippen molar-refractivity contribution in [3.63, 3.8) is 0 Å². The fraction of sp³-hybridized carbons (Fsp3) is 0.500. The van der Waals surface area contributed by atoms with E-state index in [4.69, 9.17) is 0 Å². The van der Waals surface area contributed by atoms with Crippen molar-refractivity contribution < 1.29 is 14.4 Å². The second kappa shape index (κ2) is 10.3. The van der Waals surface area contributed by atoms with E-state index in [9.17, 15) is 14.4 Å². The summed E-state index contributed by atoms with van der Waals surface area (Å²) in [5, 5.41) is 5.73. The van der Waals surface area contributed by atoms with E-state index in [1.807, 2.05) is 57.5 Å². The number of hydrogen-bond acceptors (Lipinski definition) is 5. The standard InChI is InChI=1S/C24H32N4O3S/c1-14(2)21(27-17(5)29)24(31)28-12-15(3)10-20(28)23(30)25-11-18-6-8-19(9-7-18)22-16(4)26-13-32-22/h6-9,13-15,20-21H,10-12H2,1-5H3,(H,25,30)(H,27,29)/t15-,20+,21+/m1/s1. The molecule has 1 saturated heterocycles. The first-order chi connectivity index (χ1) is 15.2. The van der Waals surface area contributed by atoms with E-state index in [2.05, 4.69) is 15.6 Å². The van der Waals surface area contributed by atoms with Gasteiger partial charge < -0.3 is 15.5 Å². The summed E-state index contributed by atoms with van der Waals surface area (Å²) in [7, 11) is 0. The van der Waals surface area contributed by atoms with E-state index >= 15 is 0 Å². The molecule has 3 amide bonds. The molecule has 8 heteroatoms. The molecule has 2 heterocycles. The lowest BCUT2D eigenvalue weighted by molar-refractivity contribution is -0.142. The number of amides is 3. The molecule has 3 atom stereocenters. The van der Waals surface area contributed by atoms with Gasteiger partial charge in [0.05, 0.1) is 16.1 Å². The Hall–Kier alpha value is -2.74. The zero-order valence-electron chi connectivity index (χ0n) is 19.3. The maximum absolute atomic E-state index is 13.2. The molecule has 0 bridgehead atoms. The average Bonchev–Trinajstić information content (AvgIpc) is 3.35. The Labute approximate surface area is 193 Å². The molecule has 0 saturated carbocycles. The first-order valence-electron chi connectivity index (χ1n) is 11.0. The number of likely N-dealkylation sites (tertiary alicyclic amines) is 1. The largest absolute Gasteiger partial charge is 0.350 e. The summed E-state index contributed by atoms with van der Waals surface area (Å²) in [6, 6.07) is 6.93. The molecule has 1 aliphatic heterocycles. The Morgan fingerprint density at radius 1 is 1.22 bits per heavy atom. The summed E-state index contributed by atoms with van der Waals surface area (Å²) in [5.74, 6) is -0.435. The molecule has 2 aromatic rings. The molecule has 0 aliphatic carbocycles. The highest BCUT2D eigenvalue weighted by Crippen LogP contribution is 2.28. The number of nitrogens with zero attached hydrogens (tertiary/aromatic N) is 2. The summed E-state index contributed by atoms with van der Waals surface area (Å²) in [4.78, 5) is 44.8. The van der Waals surface area contributed by atoms with Crippen LogP contribution in [0.2, 0.25) is 0 Å². The lowest BCUT2D eigenvalue weighted by Gasteiger charge is -2.30. The van der Waals surface area contributed by atoms with Gasteiger partial charge in [-0.05, 0) is 36.3 Å². The molecule has 1 aliphatic rings. The van der Waals surface area contributed by atoms with Crippen LogP contribution in [0.25, 0.3) is 10.4 Å². The Kier molecular flexibility index (Phi) is 7.66. The molecular formula is C24H32N4O3S. The zero-order valence-corrected chi connectivity index (χ0v) is 20.2. The third-order valence-corrected chi connectivity index (χ3v) is 6.79. The number of rotatable bonds is 7. The van der Waals surface area contributed by atoms with Gasteiger partial charge in [0.1, 0.15) is 12.1 Å². The van der Waals surface area contributed by atoms with E-state index in [1.165, 1.54) is 6.92 Å². The minimum Gasteiger partial charge on any atom is -0.350 e. The SMILES string of the molecule is CC(=O)N[C@H](C(=O)N1C[C@H](C)C[C@H]1C(=O)NCc1ccc(-c2scnc2C)cc1)C(C)C. The Bertz CT molecular complexity index is 970. The van der Waals surface area contributed by atoms with Gasteiger partial charge in [0.15, 0.2) is 0 Å². The van der Waals surface area contributed by atoms with Crippen LogP contribution in [0.1, 0.15) is 45.4 Å². The fourth-order valence-corrected chi connectivity index (χ4v) is 4.92. The van der Waals surface area contributed by atoms with Gasteiger partial charge in [0, 0.05) is 20.0 Å². The first-order valence-corrected chi connectivity index (χ1v) is 11.9. The Balaban J connectivity index is 1.64. The highest BCUT2D eigenvalue weighted by molar-refractivity contribution is 7.13. The maximum Gasteiger partial charge on any atom is 0.246 e. The van der Waals surface area contributed by atoms with Gasteiger partial charge in [0.25, 0.3) is 0 Å². The van der Waals surface area contributed by atoms with Gasteiger partial charge in [-0.1, -0.05) is 45.0 Å². The highest BCUT2D eigenvalue weighted by Gasteiger charge is 2.41. The molecular weight excluding hydrogens is 424 g/mol. The smallest absolute Gasteiger partial charge is 0.246 e. The van der Waals surface area contributed by atoms with Gasteiger partial charge in [-0.15, -0.1) is 11.3 Å². The van der Waals surface area contributed by atoms with Crippen molar-refractivity contribution in [2.75, 3.05) is 6.54 Å². The number of carbonyl (C=O) groups is 3. The van der Waals surface area contributed by atoms with Crippen LogP contribution in [-0.2, 0) is 20.9 Å². The van der Waals surface area contributed by atoms with Crippen molar-refractivity contribution in [2.45, 2.75) is 59.7 Å². The van der Waals surface area contributed by atoms with Crippen LogP contribution in [0.15, 0.2) is 29.8 Å². The summed E-state index contributed by atoms with van der Waals surface area (Å²) in [6.45, 7) is 10.1. The molecule has 32 heavy (non-hydrogen) atoms. The number of benzene rings is 1. The normalized spacial score (nSPS) is 19.1. The number of nitrogens with one attached hydrogen (secondary N) is 2. The van der Waals surface area contributed by atoms with Crippen LogP contribution < -0.4 is 10.6 Å². The first kappa shape index (κ1) is 23.9. The predicted molar refractivity (Wildman–Crippen MR) is 126 cm³/mol. The van der Waals surface area contributed by atoms with Crippen molar-refractivity contribution in [3.05, 3.63) is 41.0 Å². The molecule has 1 aromatic heterocycles. The predicted octanol–water partition coefficient (Wildman–Crippen LogP) is 3.13. The number of carbonyl (C=O) groups excluding carboxylic acids is 3. The van der Waals surface area contributed by atoms with E-state index in [1.54, 1.807) is 16.2 Å². The van der Waals surface area contributed by atoms with Crippen LogP contribution in [0.4, 0.5) is 0 Å². The van der Waals surface area contributed by atoms with Crippen LogP contribution >= 0.6 is 11.3 Å². The molecule has 0 unspecified atom stereocenters. The Morgan fingerprint density at radius 2 is 1.91 bits per heavy atom. The van der Waals surface area contributed by atoms with E-state index < -0.39 is 12.1 Å². The summed E-state index contributed by atoms with van der Waals surface area (Å²) in [5.41, 5.74) is 4.95. The molecule has 172 valence electrons. The monoisotopic (exact) mass is 456 g/mol. The van der Waals surface area contributed by atoms with Gasteiger partial charge in [-0.3, -0.25) is 14.4 Å². The lowest BCUT2D eigenvalue weighted by Crippen LogP contribution is -2.54. The van der Waals surface area contributed by atoms with E-state index in [0.717, 1.165) is 21.7 Å². The molecule has 0 spiro atoms. The van der Waals surface area contributed by atoms with Crippen LogP contribution in [-0.4, -0.2) is 46.2 Å². The van der Waals surface area contributed by atoms with Crippen molar-refractivity contribution in [3.8, 4) is 10.4 Å². The van der Waals surface area contributed by atoms with Crippen molar-refractivity contribution in [1.82, 2.24) is 20.5 Å². The van der Waals surface area contributed by atoms with E-state index in [-0.39, 0.29) is 29.6 Å². The minimum atomic E-state index is -0.629. The zero-order chi connectivity index (χ0) is 23.4. The molecule has 3 rings (SSSR count). The van der Waals surface area contributed by atoms with Gasteiger partial charge in [-0.2, -0.15) is 0 Å². The Morgan fingerprint density at radius 3 is 2.47 bits per heavy atom. The van der Waals surface area contributed by atoms with Gasteiger partial charge in [0.2, 0.25) is 17.7 Å². The summed E-state index contributed by atoms with van der Waals surface area (Å²) >= 11 is 1.61. The van der Waals surface area contributed by atoms with Crippen molar-refractivity contribution in [1.29, 1.82) is 0 Å². The van der Waals surface area contributed by atoms with Crippen molar-refractivity contribution in [2.24, 2.45) is 11.8 Å². The van der Waals surface area contributed by atoms with Gasteiger partial charge >= 0.3 is 0 Å². The number of hydrogen-bond donors (Lipinski definition) is 2. The summed E-state index contributed by atoms with van der Waals surface area (Å²) in [6.07, 6.45) is 0.617. The second-order valence-corrected chi connectivity index (χ2v) is 9.81. The molecule has 1 fully saturated rings. The average molecular weight is 457 g/mol. The fourth-order valence-electron chi connectivity index (χ4n) is 4.11. The molecule has 2 N–H and O–H groups in total. The van der Waals surface area contributed by atoms with E-state index in [0.29, 0.717) is 19.5 Å². The highest BCUT2D eigenvalue weighted by atomic mass is 32.1. The summed E-state index contributed by atoms with van der Waals surface area (Å²) < 4.78 is 0. The third kappa shape index (κ3) is 5.54. The molecule has 0 radical (unpaired) electrons. The number of aryl methyl sites for hydroxylation is 1. The van der Waals surface area contributed by atoms with Crippen LogP contribution in [0.5, 0.6) is 0 Å². The van der Waals surface area contributed by atoms with Crippen LogP contribution in [0, 0.1) is 18.8 Å². The molecule has 7 nitrogen and oxygen atoms in total. The van der Waals surface area contributed by atoms with Crippen molar-refractivity contribution >= 4 is 29.1 Å². The minimum absolute atomic E-state index is 0.0632. The number of thiazole rings is 1. The topological polar surface area (TPSA) is 91.4 Å². The van der Waals surface area contributed by atoms with Gasteiger partial charge in [-0.25, -0.2) is 4.98 Å². The molecule has 1 aromatic carbocycles. The van der Waals surface area contributed by atoms with Crippen LogP contribution in [0.3, 0.4) is 0 Å². The lowest BCUT2D eigenvalue weighted by atomic mass is 10.0. The number of aromatic nitrogens is 1.